The van der Waals surface area contributed by atoms with E-state index in [0.717, 1.165) is 0 Å². The lowest BCUT2D eigenvalue weighted by molar-refractivity contribution is -0.0498. The summed E-state index contributed by atoms with van der Waals surface area (Å²) in [6.07, 6.45) is -0.111. The van der Waals surface area contributed by atoms with E-state index >= 15 is 0 Å². The molecule has 2 nitrogen and oxygen atoms in total. The van der Waals surface area contributed by atoms with Crippen LogP contribution in [-0.2, 0) is 6.42 Å². The minimum atomic E-state index is -2.91. The van der Waals surface area contributed by atoms with Crippen molar-refractivity contribution in [3.8, 4) is 5.75 Å². The molecule has 21 heavy (non-hydrogen) atoms. The predicted molar refractivity (Wildman–Crippen MR) is 75.2 cm³/mol. The van der Waals surface area contributed by atoms with E-state index in [2.05, 4.69) is 20.7 Å². The Bertz CT molecular complexity index is 642. The molecule has 0 aliphatic carbocycles. The molecule has 0 aliphatic heterocycles. The normalized spacial score (nSPS) is 10.7. The SMILES string of the molecule is O=C(Cc1cc(Br)ccc1F)c1ccc(OC(F)F)cc1. The summed E-state index contributed by atoms with van der Waals surface area (Å²) in [6.45, 7) is -2.91. The molecule has 0 amide bonds. The number of hydrogen-bond donors (Lipinski definition) is 0. The van der Waals surface area contributed by atoms with Crippen LogP contribution in [0.25, 0.3) is 0 Å². The molecule has 2 aromatic rings. The molecule has 0 atom stereocenters. The first-order valence-corrected chi connectivity index (χ1v) is 6.77. The van der Waals surface area contributed by atoms with Gasteiger partial charge in [-0.1, -0.05) is 15.9 Å². The van der Waals surface area contributed by atoms with Gasteiger partial charge in [0.15, 0.2) is 5.78 Å². The van der Waals surface area contributed by atoms with E-state index in [9.17, 15) is 18.0 Å². The number of alkyl halides is 2. The van der Waals surface area contributed by atoms with Crippen molar-refractivity contribution in [3.63, 3.8) is 0 Å². The summed E-state index contributed by atoms with van der Waals surface area (Å²) in [6, 6.07) is 9.63. The van der Waals surface area contributed by atoms with Crippen molar-refractivity contribution in [1.82, 2.24) is 0 Å². The highest BCUT2D eigenvalue weighted by molar-refractivity contribution is 9.10. The van der Waals surface area contributed by atoms with Crippen LogP contribution in [0.5, 0.6) is 5.75 Å². The second-order valence-corrected chi connectivity index (χ2v) is 5.15. The fraction of sp³-hybridized carbons (Fsp3) is 0.133. The van der Waals surface area contributed by atoms with Crippen LogP contribution in [0.2, 0.25) is 0 Å². The number of ether oxygens (including phenoxy) is 1. The molecule has 0 bridgehead atoms. The van der Waals surface area contributed by atoms with E-state index in [1.807, 2.05) is 0 Å². The van der Waals surface area contributed by atoms with E-state index in [1.165, 1.54) is 36.4 Å². The Morgan fingerprint density at radius 3 is 2.43 bits per heavy atom. The Balaban J connectivity index is 2.11. The molecule has 0 aromatic heterocycles. The van der Waals surface area contributed by atoms with Crippen LogP contribution in [0.1, 0.15) is 15.9 Å². The average molecular weight is 359 g/mol. The van der Waals surface area contributed by atoms with Gasteiger partial charge in [-0.2, -0.15) is 8.78 Å². The van der Waals surface area contributed by atoms with Gasteiger partial charge in [0.2, 0.25) is 0 Å². The standard InChI is InChI=1S/C15H10BrF3O2/c16-11-3-6-13(17)10(7-11)8-14(20)9-1-4-12(5-2-9)21-15(18)19/h1-7,15H,8H2. The third kappa shape index (κ3) is 4.32. The molecule has 0 fully saturated rings. The average Bonchev–Trinajstić information content (AvgIpc) is 2.43. The van der Waals surface area contributed by atoms with Gasteiger partial charge in [0, 0.05) is 16.5 Å². The number of rotatable bonds is 5. The van der Waals surface area contributed by atoms with Gasteiger partial charge < -0.3 is 4.74 Å². The van der Waals surface area contributed by atoms with E-state index in [4.69, 9.17) is 0 Å². The van der Waals surface area contributed by atoms with Crippen molar-refractivity contribution in [1.29, 1.82) is 0 Å². The van der Waals surface area contributed by atoms with E-state index < -0.39 is 12.4 Å². The van der Waals surface area contributed by atoms with Crippen LogP contribution in [-0.4, -0.2) is 12.4 Å². The second-order valence-electron chi connectivity index (χ2n) is 4.24. The van der Waals surface area contributed by atoms with Crippen LogP contribution in [0.15, 0.2) is 46.9 Å². The van der Waals surface area contributed by atoms with Gasteiger partial charge in [0.05, 0.1) is 0 Å². The maximum atomic E-state index is 13.6. The molecule has 0 N–H and O–H groups in total. The number of benzene rings is 2. The third-order valence-corrected chi connectivity index (χ3v) is 3.25. The van der Waals surface area contributed by atoms with Crippen molar-refractivity contribution >= 4 is 21.7 Å². The third-order valence-electron chi connectivity index (χ3n) is 2.76. The molecule has 0 radical (unpaired) electrons. The molecule has 0 saturated carbocycles. The van der Waals surface area contributed by atoms with Gasteiger partial charge in [0.25, 0.3) is 0 Å². The summed E-state index contributed by atoms with van der Waals surface area (Å²) in [5, 5.41) is 0. The summed E-state index contributed by atoms with van der Waals surface area (Å²) in [5.41, 5.74) is 0.568. The topological polar surface area (TPSA) is 26.3 Å². The second kappa shape index (κ2) is 6.76. The molecule has 0 heterocycles. The Hall–Kier alpha value is -1.82. The van der Waals surface area contributed by atoms with Crippen molar-refractivity contribution in [3.05, 3.63) is 63.9 Å². The fourth-order valence-corrected chi connectivity index (χ4v) is 2.18. The maximum absolute atomic E-state index is 13.6. The quantitative estimate of drug-likeness (QED) is 0.729. The molecular weight excluding hydrogens is 349 g/mol. The van der Waals surface area contributed by atoms with E-state index in [1.54, 1.807) is 6.07 Å². The van der Waals surface area contributed by atoms with Crippen molar-refractivity contribution < 1.29 is 22.7 Å². The summed E-state index contributed by atoms with van der Waals surface area (Å²) < 4.78 is 42.5. The minimum absolute atomic E-state index is 0.0322. The highest BCUT2D eigenvalue weighted by Gasteiger charge is 2.12. The van der Waals surface area contributed by atoms with Crippen LogP contribution >= 0.6 is 15.9 Å². The van der Waals surface area contributed by atoms with E-state index in [0.29, 0.717) is 10.0 Å². The number of carbonyl (C=O) groups excluding carboxylic acids is 1. The van der Waals surface area contributed by atoms with Gasteiger partial charge >= 0.3 is 6.61 Å². The summed E-state index contributed by atoms with van der Waals surface area (Å²) in [4.78, 5) is 12.0. The lowest BCUT2D eigenvalue weighted by atomic mass is 10.0. The Morgan fingerprint density at radius 2 is 1.81 bits per heavy atom. The summed E-state index contributed by atoms with van der Waals surface area (Å²) in [5.74, 6) is -0.810. The number of carbonyl (C=O) groups is 1. The first kappa shape index (κ1) is 15.6. The van der Waals surface area contributed by atoms with Gasteiger partial charge in [-0.3, -0.25) is 4.79 Å². The number of halogens is 4. The van der Waals surface area contributed by atoms with E-state index in [-0.39, 0.29) is 23.5 Å². The van der Waals surface area contributed by atoms with Crippen molar-refractivity contribution in [2.24, 2.45) is 0 Å². The van der Waals surface area contributed by atoms with Crippen LogP contribution in [0, 0.1) is 5.82 Å². The lowest BCUT2D eigenvalue weighted by Crippen LogP contribution is -2.06. The predicted octanol–water partition coefficient (Wildman–Crippen LogP) is 4.62. The van der Waals surface area contributed by atoms with Crippen LogP contribution in [0.3, 0.4) is 0 Å². The molecule has 0 saturated heterocycles. The minimum Gasteiger partial charge on any atom is -0.435 e. The zero-order valence-corrected chi connectivity index (χ0v) is 12.2. The number of ketones is 1. The zero-order valence-electron chi connectivity index (χ0n) is 10.7. The molecule has 2 aromatic carbocycles. The van der Waals surface area contributed by atoms with Crippen molar-refractivity contribution in [2.45, 2.75) is 13.0 Å². The molecule has 110 valence electrons. The Morgan fingerprint density at radius 1 is 1.14 bits per heavy atom. The monoisotopic (exact) mass is 358 g/mol. The van der Waals surface area contributed by atoms with Crippen LogP contribution in [0.4, 0.5) is 13.2 Å². The smallest absolute Gasteiger partial charge is 0.387 e. The summed E-state index contributed by atoms with van der Waals surface area (Å²) >= 11 is 3.21. The molecule has 6 heteroatoms. The number of Topliss-reactive ketones (excluding diaryl/α,β-unsaturated/α-hetero) is 1. The summed E-state index contributed by atoms with van der Waals surface area (Å²) in [7, 11) is 0. The molecule has 0 spiro atoms. The number of hydrogen-bond acceptors (Lipinski definition) is 2. The van der Waals surface area contributed by atoms with Crippen molar-refractivity contribution in [2.75, 3.05) is 0 Å². The zero-order chi connectivity index (χ0) is 15.4. The molecule has 2 rings (SSSR count). The van der Waals surface area contributed by atoms with Gasteiger partial charge in [-0.25, -0.2) is 4.39 Å². The fourth-order valence-electron chi connectivity index (χ4n) is 1.78. The van der Waals surface area contributed by atoms with Gasteiger partial charge in [0.1, 0.15) is 11.6 Å². The van der Waals surface area contributed by atoms with Gasteiger partial charge in [-0.05, 0) is 48.0 Å². The largest absolute Gasteiger partial charge is 0.435 e. The first-order chi connectivity index (χ1) is 9.95. The highest BCUT2D eigenvalue weighted by atomic mass is 79.9. The molecule has 0 aliphatic rings. The molecular formula is C15H10BrF3O2. The lowest BCUT2D eigenvalue weighted by Gasteiger charge is -2.06. The maximum Gasteiger partial charge on any atom is 0.387 e. The van der Waals surface area contributed by atoms with Crippen LogP contribution < -0.4 is 4.74 Å². The Kier molecular flexibility index (Phi) is 5.01. The Labute approximate surface area is 127 Å². The highest BCUT2D eigenvalue weighted by Crippen LogP contribution is 2.19. The first-order valence-electron chi connectivity index (χ1n) is 5.97. The van der Waals surface area contributed by atoms with Gasteiger partial charge in [-0.15, -0.1) is 0 Å². The molecule has 0 unspecified atom stereocenters.